The quantitative estimate of drug-likeness (QED) is 0.204. The number of ether oxygens (including phenoxy) is 1. The zero-order valence-electron chi connectivity index (χ0n) is 8.89. The Bertz CT molecular complexity index is 79.0. The summed E-state index contributed by atoms with van der Waals surface area (Å²) in [5.74, 6) is -0.148. The molecule has 0 fully saturated rings. The normalized spacial score (nSPS) is 6.40. The van der Waals surface area contributed by atoms with Gasteiger partial charge in [-0.2, -0.15) is 0 Å². The van der Waals surface area contributed by atoms with Gasteiger partial charge in [0.05, 0.1) is 13.0 Å². The van der Waals surface area contributed by atoms with Crippen LogP contribution in [0.5, 0.6) is 0 Å². The Labute approximate surface area is 88.9 Å². The molecular formula is C6H14Li2O2. The number of carbonyl (C=O) groups excluding carboxylic acids is 1. The van der Waals surface area contributed by atoms with E-state index in [4.69, 9.17) is 0 Å². The molecule has 0 amide bonds. The predicted molar refractivity (Wildman–Crippen MR) is 34.4 cm³/mol. The maximum atomic E-state index is 10.3. The van der Waals surface area contributed by atoms with Crippen LogP contribution in [-0.2, 0) is 9.53 Å². The molecule has 0 aromatic rings. The second kappa shape index (κ2) is 12.4. The average Bonchev–Trinajstić information content (AvgIpc) is 1.65. The molecule has 0 rings (SSSR count). The van der Waals surface area contributed by atoms with Crippen molar-refractivity contribution in [2.24, 2.45) is 5.92 Å². The van der Waals surface area contributed by atoms with Crippen LogP contribution < -0.4 is 37.7 Å². The van der Waals surface area contributed by atoms with Crippen molar-refractivity contribution < 1.29 is 48.7 Å². The fourth-order valence-corrected chi connectivity index (χ4v) is 0.236. The second-order valence-electron chi connectivity index (χ2n) is 1.68. The monoisotopic (exact) mass is 132 g/mol. The molecule has 0 aliphatic carbocycles. The average molecular weight is 132 g/mol. The fourth-order valence-electron chi connectivity index (χ4n) is 0.236. The molecule has 10 heavy (non-hydrogen) atoms. The molecule has 0 unspecified atom stereocenters. The summed E-state index contributed by atoms with van der Waals surface area (Å²) in [6.07, 6.45) is 0. The van der Waals surface area contributed by atoms with Crippen molar-refractivity contribution in [2.45, 2.75) is 13.8 Å². The molecular weight excluding hydrogens is 118 g/mol. The number of rotatable bonds is 1. The molecule has 0 aromatic heterocycles. The van der Waals surface area contributed by atoms with E-state index in [1.54, 1.807) is 13.8 Å². The van der Waals surface area contributed by atoms with Gasteiger partial charge in [0, 0.05) is 0 Å². The first-order valence-corrected chi connectivity index (χ1v) is 2.26. The van der Waals surface area contributed by atoms with Crippen molar-refractivity contribution in [3.63, 3.8) is 0 Å². The van der Waals surface area contributed by atoms with Crippen LogP contribution in [0, 0.1) is 13.3 Å². The fraction of sp³-hybridized carbons (Fsp3) is 0.667. The molecule has 52 valence electrons. The zero-order valence-corrected chi connectivity index (χ0v) is 7.89. The molecule has 0 aliphatic heterocycles. The molecule has 4 heteroatoms. The predicted octanol–water partition coefficient (Wildman–Crippen LogP) is -4.61. The van der Waals surface area contributed by atoms with Gasteiger partial charge >= 0.3 is 43.7 Å². The van der Waals surface area contributed by atoms with Crippen LogP contribution in [0.1, 0.15) is 15.3 Å². The molecule has 0 spiro atoms. The molecule has 0 aromatic carbocycles. The minimum atomic E-state index is -0.153. The van der Waals surface area contributed by atoms with Gasteiger partial charge in [-0.1, -0.05) is 13.8 Å². The minimum Gasteiger partial charge on any atom is -1.00 e. The Hall–Kier alpha value is 0.665. The number of methoxy groups -OCH3 is 1. The zero-order chi connectivity index (χ0) is 5.86. The van der Waals surface area contributed by atoms with E-state index < -0.39 is 0 Å². The van der Waals surface area contributed by atoms with E-state index in [9.17, 15) is 4.79 Å². The number of hydrogen-bond acceptors (Lipinski definition) is 2. The van der Waals surface area contributed by atoms with Gasteiger partial charge in [-0.25, -0.2) is 0 Å². The molecule has 0 atom stereocenters. The van der Waals surface area contributed by atoms with Gasteiger partial charge < -0.3 is 13.6 Å². The topological polar surface area (TPSA) is 26.3 Å². The van der Waals surface area contributed by atoms with Crippen LogP contribution in [0.15, 0.2) is 0 Å². The number of hydrogen-bond donors (Lipinski definition) is 0. The molecule has 0 aliphatic rings. The number of esters is 1. The first-order valence-electron chi connectivity index (χ1n) is 2.26. The van der Waals surface area contributed by atoms with Crippen LogP contribution in [0.3, 0.4) is 0 Å². The van der Waals surface area contributed by atoms with Crippen LogP contribution in [0.25, 0.3) is 0 Å². The first-order chi connectivity index (χ1) is 3.18. The van der Waals surface area contributed by atoms with Crippen molar-refractivity contribution in [1.29, 1.82) is 0 Å². The Balaban J connectivity index is -0.0000000300. The van der Waals surface area contributed by atoms with Crippen LogP contribution in [-0.4, -0.2) is 13.1 Å². The van der Waals surface area contributed by atoms with Crippen molar-refractivity contribution in [2.75, 3.05) is 7.11 Å². The van der Waals surface area contributed by atoms with Gasteiger partial charge in [0.1, 0.15) is 0 Å². The van der Waals surface area contributed by atoms with Crippen molar-refractivity contribution in [3.05, 3.63) is 7.43 Å². The maximum absolute atomic E-state index is 10.3. The molecule has 0 saturated carbocycles. The summed E-state index contributed by atoms with van der Waals surface area (Å²) in [6, 6.07) is 0. The third kappa shape index (κ3) is 11.5. The minimum absolute atomic E-state index is 0. The van der Waals surface area contributed by atoms with E-state index in [0.29, 0.717) is 0 Å². The van der Waals surface area contributed by atoms with Gasteiger partial charge in [0.15, 0.2) is 0 Å². The largest absolute Gasteiger partial charge is 1.00 e. The molecule has 0 radical (unpaired) electrons. The van der Waals surface area contributed by atoms with Crippen LogP contribution in [0.4, 0.5) is 0 Å². The van der Waals surface area contributed by atoms with E-state index in [0.717, 1.165) is 0 Å². The summed E-state index contributed by atoms with van der Waals surface area (Å²) in [4.78, 5) is 10.3. The van der Waals surface area contributed by atoms with Crippen molar-refractivity contribution in [3.8, 4) is 0 Å². The molecule has 0 N–H and O–H groups in total. The van der Waals surface area contributed by atoms with Crippen molar-refractivity contribution >= 4 is 5.97 Å². The molecule has 2 nitrogen and oxygen atoms in total. The molecule has 0 heterocycles. The van der Waals surface area contributed by atoms with Crippen molar-refractivity contribution in [1.82, 2.24) is 0 Å². The summed E-state index contributed by atoms with van der Waals surface area (Å²) in [5, 5.41) is 0. The SMILES string of the molecule is COC(=O)C(C)C.[CH3-].[H-].[Li+].[Li+]. The summed E-state index contributed by atoms with van der Waals surface area (Å²) in [6.45, 7) is 3.59. The van der Waals surface area contributed by atoms with Gasteiger partial charge in [-0.05, 0) is 0 Å². The van der Waals surface area contributed by atoms with E-state index in [-0.39, 0.29) is 58.5 Å². The standard InChI is InChI=1S/C5H10O2.CH3.2Li.H/c1-4(2)5(6)7-3;;;;/h4H,1-3H3;1H3;;;/q;-1;2*+1;-1. The summed E-state index contributed by atoms with van der Waals surface area (Å²) in [5.41, 5.74) is 0. The Morgan fingerprint density at radius 1 is 1.40 bits per heavy atom. The number of carbonyl (C=O) groups is 1. The van der Waals surface area contributed by atoms with E-state index >= 15 is 0 Å². The van der Waals surface area contributed by atoms with Crippen LogP contribution >= 0.6 is 0 Å². The van der Waals surface area contributed by atoms with E-state index in [1.807, 2.05) is 0 Å². The third-order valence-electron chi connectivity index (χ3n) is 0.673. The summed E-state index contributed by atoms with van der Waals surface area (Å²) in [7, 11) is 1.39. The van der Waals surface area contributed by atoms with Gasteiger partial charge in [0.25, 0.3) is 0 Å². The third-order valence-corrected chi connectivity index (χ3v) is 0.673. The smallest absolute Gasteiger partial charge is 1.00 e. The Morgan fingerprint density at radius 3 is 1.70 bits per heavy atom. The Morgan fingerprint density at radius 2 is 1.70 bits per heavy atom. The summed E-state index contributed by atoms with van der Waals surface area (Å²) < 4.78 is 4.37. The molecule has 0 bridgehead atoms. The van der Waals surface area contributed by atoms with Gasteiger partial charge in [-0.3, -0.25) is 4.79 Å². The van der Waals surface area contributed by atoms with Gasteiger partial charge in [0.2, 0.25) is 0 Å². The maximum Gasteiger partial charge on any atom is 1.00 e. The van der Waals surface area contributed by atoms with Crippen LogP contribution in [0.2, 0.25) is 0 Å². The Kier molecular flexibility index (Phi) is 27.7. The van der Waals surface area contributed by atoms with E-state index in [1.165, 1.54) is 7.11 Å². The van der Waals surface area contributed by atoms with Gasteiger partial charge in [-0.15, -0.1) is 0 Å². The first kappa shape index (κ1) is 22.4. The molecule has 0 saturated heterocycles. The van der Waals surface area contributed by atoms with E-state index in [2.05, 4.69) is 4.74 Å². The summed E-state index contributed by atoms with van der Waals surface area (Å²) >= 11 is 0. The second-order valence-corrected chi connectivity index (χ2v) is 1.68.